The van der Waals surface area contributed by atoms with Crippen molar-refractivity contribution in [2.24, 2.45) is 5.92 Å². The van der Waals surface area contributed by atoms with Gasteiger partial charge in [0.1, 0.15) is 0 Å². The highest BCUT2D eigenvalue weighted by Crippen LogP contribution is 2.16. The number of aliphatic carboxylic acids is 1. The van der Waals surface area contributed by atoms with E-state index in [4.69, 9.17) is 5.11 Å². The van der Waals surface area contributed by atoms with E-state index < -0.39 is 11.9 Å². The lowest BCUT2D eigenvalue weighted by atomic mass is 9.99. The zero-order valence-electron chi connectivity index (χ0n) is 10.5. The lowest BCUT2D eigenvalue weighted by molar-refractivity contribution is -0.143. The Balaban J connectivity index is 1.74. The number of urea groups is 1. The predicted octanol–water partition coefficient (Wildman–Crippen LogP) is 1.19. The van der Waals surface area contributed by atoms with E-state index in [1.807, 2.05) is 5.38 Å². The highest BCUT2D eigenvalue weighted by molar-refractivity contribution is 7.09. The second kappa shape index (κ2) is 6.51. The van der Waals surface area contributed by atoms with Crippen LogP contribution in [-0.4, -0.2) is 46.6 Å². The number of carboxylic acids is 1. The molecule has 1 unspecified atom stereocenters. The van der Waals surface area contributed by atoms with Crippen molar-refractivity contribution in [3.05, 3.63) is 16.6 Å². The van der Waals surface area contributed by atoms with Gasteiger partial charge in [0, 0.05) is 37.6 Å². The molecule has 2 heterocycles. The summed E-state index contributed by atoms with van der Waals surface area (Å²) >= 11 is 1.56. The molecule has 1 aromatic rings. The Morgan fingerprint density at radius 1 is 1.58 bits per heavy atom. The highest BCUT2D eigenvalue weighted by Gasteiger charge is 2.27. The Bertz CT molecular complexity index is 435. The van der Waals surface area contributed by atoms with Crippen LogP contribution in [0.2, 0.25) is 0 Å². The first-order chi connectivity index (χ1) is 9.16. The number of amides is 2. The van der Waals surface area contributed by atoms with E-state index in [1.54, 1.807) is 22.4 Å². The molecule has 0 radical (unpaired) electrons. The van der Waals surface area contributed by atoms with Gasteiger partial charge in [-0.05, 0) is 12.8 Å². The molecule has 1 atom stereocenters. The minimum absolute atomic E-state index is 0.178. The van der Waals surface area contributed by atoms with Crippen LogP contribution in [0.5, 0.6) is 0 Å². The van der Waals surface area contributed by atoms with Gasteiger partial charge in [-0.25, -0.2) is 9.78 Å². The fourth-order valence-corrected chi connectivity index (χ4v) is 2.75. The first-order valence-corrected chi connectivity index (χ1v) is 7.18. The molecular formula is C12H17N3O3S. The third-order valence-electron chi connectivity index (χ3n) is 3.16. The number of aromatic nitrogens is 1. The maximum Gasteiger partial charge on any atom is 0.317 e. The molecule has 7 heteroatoms. The molecule has 2 amide bonds. The number of thiazole rings is 1. The first kappa shape index (κ1) is 13.8. The fourth-order valence-electron chi connectivity index (χ4n) is 2.13. The Kier molecular flexibility index (Phi) is 4.73. The molecule has 1 aliphatic heterocycles. The van der Waals surface area contributed by atoms with Crippen molar-refractivity contribution in [2.75, 3.05) is 19.6 Å². The van der Waals surface area contributed by atoms with E-state index >= 15 is 0 Å². The Morgan fingerprint density at radius 2 is 2.42 bits per heavy atom. The standard InChI is InChI=1S/C12H17N3O3S/c16-11(17)9-2-1-6-15(8-9)12(18)14-4-3-10-13-5-7-19-10/h5,7,9H,1-4,6,8H2,(H,14,18)(H,16,17). The zero-order chi connectivity index (χ0) is 13.7. The summed E-state index contributed by atoms with van der Waals surface area (Å²) in [4.78, 5) is 28.6. The molecule has 6 nitrogen and oxygen atoms in total. The summed E-state index contributed by atoms with van der Waals surface area (Å²) in [7, 11) is 0. The number of carbonyl (C=O) groups is 2. The van der Waals surface area contributed by atoms with Gasteiger partial charge in [-0.1, -0.05) is 0 Å². The summed E-state index contributed by atoms with van der Waals surface area (Å²) < 4.78 is 0. The van der Waals surface area contributed by atoms with Crippen LogP contribution in [0.25, 0.3) is 0 Å². The molecule has 1 fully saturated rings. The van der Waals surface area contributed by atoms with Gasteiger partial charge in [0.25, 0.3) is 0 Å². The van der Waals surface area contributed by atoms with Crippen LogP contribution in [0.4, 0.5) is 4.79 Å². The van der Waals surface area contributed by atoms with Gasteiger partial charge in [-0.3, -0.25) is 4.79 Å². The van der Waals surface area contributed by atoms with Gasteiger partial charge < -0.3 is 15.3 Å². The van der Waals surface area contributed by atoms with E-state index in [0.717, 1.165) is 11.4 Å². The normalized spacial score (nSPS) is 19.2. The van der Waals surface area contributed by atoms with E-state index in [9.17, 15) is 9.59 Å². The second-order valence-electron chi connectivity index (χ2n) is 4.53. The smallest absolute Gasteiger partial charge is 0.317 e. The van der Waals surface area contributed by atoms with Crippen molar-refractivity contribution in [1.29, 1.82) is 0 Å². The van der Waals surface area contributed by atoms with Crippen LogP contribution in [-0.2, 0) is 11.2 Å². The summed E-state index contributed by atoms with van der Waals surface area (Å²) in [6.07, 6.45) is 3.85. The number of hydrogen-bond donors (Lipinski definition) is 2. The molecule has 0 aromatic carbocycles. The van der Waals surface area contributed by atoms with Crippen LogP contribution in [0, 0.1) is 5.92 Å². The van der Waals surface area contributed by atoms with Crippen molar-refractivity contribution in [2.45, 2.75) is 19.3 Å². The van der Waals surface area contributed by atoms with E-state index in [2.05, 4.69) is 10.3 Å². The Morgan fingerprint density at radius 3 is 3.11 bits per heavy atom. The number of nitrogens with zero attached hydrogens (tertiary/aromatic N) is 2. The number of likely N-dealkylation sites (tertiary alicyclic amines) is 1. The lowest BCUT2D eigenvalue weighted by Gasteiger charge is -2.30. The van der Waals surface area contributed by atoms with Crippen molar-refractivity contribution >= 4 is 23.3 Å². The van der Waals surface area contributed by atoms with Gasteiger partial charge in [0.15, 0.2) is 0 Å². The van der Waals surface area contributed by atoms with Crippen molar-refractivity contribution < 1.29 is 14.7 Å². The summed E-state index contributed by atoms with van der Waals surface area (Å²) in [6.45, 7) is 1.46. The number of carboxylic acid groups (broad SMARTS) is 1. The summed E-state index contributed by atoms with van der Waals surface area (Å²) in [6, 6.07) is -0.178. The molecule has 2 N–H and O–H groups in total. The van der Waals surface area contributed by atoms with Crippen LogP contribution in [0.15, 0.2) is 11.6 Å². The number of piperidine rings is 1. The van der Waals surface area contributed by atoms with Crippen molar-refractivity contribution in [3.63, 3.8) is 0 Å². The van der Waals surface area contributed by atoms with Gasteiger partial charge in [-0.2, -0.15) is 0 Å². The summed E-state index contributed by atoms with van der Waals surface area (Å²) in [5.41, 5.74) is 0. The fraction of sp³-hybridized carbons (Fsp3) is 0.583. The number of nitrogens with one attached hydrogen (secondary N) is 1. The van der Waals surface area contributed by atoms with Gasteiger partial charge in [0.2, 0.25) is 0 Å². The first-order valence-electron chi connectivity index (χ1n) is 6.31. The maximum absolute atomic E-state index is 11.9. The summed E-state index contributed by atoms with van der Waals surface area (Å²) in [5, 5.41) is 14.7. The molecule has 1 aromatic heterocycles. The SMILES string of the molecule is O=C(O)C1CCCN(C(=O)NCCc2nccs2)C1. The molecule has 0 saturated carbocycles. The minimum atomic E-state index is -0.819. The molecule has 0 spiro atoms. The van der Waals surface area contributed by atoms with E-state index in [1.165, 1.54) is 0 Å². The molecule has 104 valence electrons. The van der Waals surface area contributed by atoms with E-state index in [0.29, 0.717) is 32.5 Å². The number of rotatable bonds is 4. The van der Waals surface area contributed by atoms with Crippen LogP contribution >= 0.6 is 11.3 Å². The van der Waals surface area contributed by atoms with Crippen LogP contribution < -0.4 is 5.32 Å². The zero-order valence-corrected chi connectivity index (χ0v) is 11.4. The van der Waals surface area contributed by atoms with Crippen molar-refractivity contribution in [3.8, 4) is 0 Å². The lowest BCUT2D eigenvalue weighted by Crippen LogP contribution is -2.47. The van der Waals surface area contributed by atoms with Crippen molar-refractivity contribution in [1.82, 2.24) is 15.2 Å². The quantitative estimate of drug-likeness (QED) is 0.869. The molecule has 0 aliphatic carbocycles. The maximum atomic E-state index is 11.9. The third kappa shape index (κ3) is 3.92. The number of hydrogen-bond acceptors (Lipinski definition) is 4. The minimum Gasteiger partial charge on any atom is -0.481 e. The molecule has 1 saturated heterocycles. The van der Waals surface area contributed by atoms with Gasteiger partial charge in [-0.15, -0.1) is 11.3 Å². The van der Waals surface area contributed by atoms with Crippen LogP contribution in [0.3, 0.4) is 0 Å². The van der Waals surface area contributed by atoms with Crippen LogP contribution in [0.1, 0.15) is 17.8 Å². The highest BCUT2D eigenvalue weighted by atomic mass is 32.1. The summed E-state index contributed by atoms with van der Waals surface area (Å²) in [5.74, 6) is -1.25. The predicted molar refractivity (Wildman–Crippen MR) is 71.1 cm³/mol. The second-order valence-corrected chi connectivity index (χ2v) is 5.51. The average molecular weight is 283 g/mol. The molecule has 0 bridgehead atoms. The monoisotopic (exact) mass is 283 g/mol. The average Bonchev–Trinajstić information content (AvgIpc) is 2.92. The molecular weight excluding hydrogens is 266 g/mol. The molecule has 2 rings (SSSR count). The molecule has 19 heavy (non-hydrogen) atoms. The topological polar surface area (TPSA) is 82.5 Å². The van der Waals surface area contributed by atoms with Gasteiger partial charge in [0.05, 0.1) is 10.9 Å². The Hall–Kier alpha value is -1.63. The van der Waals surface area contributed by atoms with Gasteiger partial charge >= 0.3 is 12.0 Å². The Labute approximate surface area is 115 Å². The third-order valence-corrected chi connectivity index (χ3v) is 4.00. The number of carbonyl (C=O) groups excluding carboxylic acids is 1. The van der Waals surface area contributed by atoms with E-state index in [-0.39, 0.29) is 6.03 Å². The molecule has 1 aliphatic rings. The largest absolute Gasteiger partial charge is 0.481 e.